The van der Waals surface area contributed by atoms with E-state index in [0.717, 1.165) is 118 Å². The first-order chi connectivity index (χ1) is 69.9. The normalized spacial score (nSPS) is 35.5. The monoisotopic (exact) mass is 2130 g/mol. The summed E-state index contributed by atoms with van der Waals surface area (Å²) < 4.78 is 85.0. The van der Waals surface area contributed by atoms with Gasteiger partial charge in [0.2, 0.25) is 23.6 Å². The van der Waals surface area contributed by atoms with Gasteiger partial charge in [-0.25, -0.2) is 14.4 Å². The van der Waals surface area contributed by atoms with E-state index in [1.54, 1.807) is 0 Å². The molecule has 0 aromatic carbocycles. The molecule has 7 aliphatic heterocycles. The minimum absolute atomic E-state index is 0.0639. The van der Waals surface area contributed by atoms with Gasteiger partial charge in [0.05, 0.1) is 108 Å². The van der Waals surface area contributed by atoms with Crippen LogP contribution >= 0.6 is 0 Å². The predicted octanol–water partition coefficient (Wildman–Crippen LogP) is -5.60. The van der Waals surface area contributed by atoms with E-state index in [4.69, 9.17) is 66.3 Å². The Kier molecular flexibility index (Phi) is 55.2. The minimum Gasteiger partial charge on any atom is -0.477 e. The maximum absolute atomic E-state index is 14.7. The molecule has 0 aromatic heterocycles. The highest BCUT2D eigenvalue weighted by Gasteiger charge is 2.66. The van der Waals surface area contributed by atoms with Gasteiger partial charge in [0, 0.05) is 58.8 Å². The molecule has 0 saturated carbocycles. The number of ether oxygens (including phenoxy) is 14. The fraction of sp³-hybridized carbons (Fsp3) is 0.896. The fourth-order valence-electron chi connectivity index (χ4n) is 19.7. The number of carboxylic acids is 3. The summed E-state index contributed by atoms with van der Waals surface area (Å²) in [4.78, 5) is 108. The molecule has 0 spiro atoms. The summed E-state index contributed by atoms with van der Waals surface area (Å²) in [6, 6.07) is -6.99. The third-order valence-electron chi connectivity index (χ3n) is 27.9. The molecule has 40 atom stereocenters. The molecule has 51 heteroatoms. The van der Waals surface area contributed by atoms with E-state index >= 15 is 0 Å². The van der Waals surface area contributed by atoms with Crippen molar-refractivity contribution in [1.29, 1.82) is 0 Å². The zero-order valence-corrected chi connectivity index (χ0v) is 84.5. The average molecular weight is 2130 g/mol. The molecule has 147 heavy (non-hydrogen) atoms. The molecule has 7 heterocycles. The van der Waals surface area contributed by atoms with Gasteiger partial charge >= 0.3 is 17.9 Å². The number of aliphatic carboxylic acids is 3. The largest absolute Gasteiger partial charge is 0.477 e. The number of amides is 4. The van der Waals surface area contributed by atoms with Crippen LogP contribution < -0.4 is 21.3 Å². The maximum Gasteiger partial charge on any atom is 0.364 e. The Balaban J connectivity index is 1.26. The van der Waals surface area contributed by atoms with Crippen molar-refractivity contribution in [1.82, 2.24) is 21.3 Å². The van der Waals surface area contributed by atoms with Gasteiger partial charge in [0.1, 0.15) is 146 Å². The van der Waals surface area contributed by atoms with Crippen LogP contribution in [0.3, 0.4) is 0 Å². The van der Waals surface area contributed by atoms with Crippen LogP contribution in [0, 0.1) is 5.92 Å². The number of nitrogens with one attached hydrogen (secondary N) is 4. The first kappa shape index (κ1) is 128. The quantitative estimate of drug-likeness (QED) is 0.0199. The lowest BCUT2D eigenvalue weighted by Crippen LogP contribution is -2.72. The molecule has 0 bridgehead atoms. The van der Waals surface area contributed by atoms with Crippen molar-refractivity contribution in [2.24, 2.45) is 5.92 Å². The molecule has 7 aliphatic rings. The maximum atomic E-state index is 14.7. The molecule has 4 amide bonds. The Morgan fingerprint density at radius 3 is 1.18 bits per heavy atom. The van der Waals surface area contributed by atoms with Gasteiger partial charge in [-0.2, -0.15) is 0 Å². The molecule has 7 rings (SSSR count). The zero-order valence-electron chi connectivity index (χ0n) is 84.5. The number of aliphatic hydroxyl groups excluding tert-OH is 22. The summed E-state index contributed by atoms with van der Waals surface area (Å²) in [5.74, 6) is -23.8. The van der Waals surface area contributed by atoms with Crippen LogP contribution in [0.4, 0.5) is 0 Å². The van der Waals surface area contributed by atoms with Crippen molar-refractivity contribution in [2.45, 2.75) is 485 Å². The number of rotatable bonds is 67. The number of carboxylic acid groups (broad SMARTS) is 3. The highest BCUT2D eigenvalue weighted by atomic mass is 16.8. The van der Waals surface area contributed by atoms with Gasteiger partial charge in [-0.15, -0.1) is 0 Å². The van der Waals surface area contributed by atoms with Gasteiger partial charge in [0.15, 0.2) is 25.2 Å². The van der Waals surface area contributed by atoms with Crippen LogP contribution in [-0.2, 0) is 105 Å². The van der Waals surface area contributed by atoms with Crippen LogP contribution in [0.1, 0.15) is 247 Å². The second-order valence-corrected chi connectivity index (χ2v) is 39.5. The third kappa shape index (κ3) is 36.2. The highest BCUT2D eigenvalue weighted by molar-refractivity contribution is 5.79. The van der Waals surface area contributed by atoms with Gasteiger partial charge < -0.3 is 220 Å². The lowest BCUT2D eigenvalue weighted by Gasteiger charge is -2.53. The second-order valence-electron chi connectivity index (χ2n) is 39.5. The van der Waals surface area contributed by atoms with Crippen LogP contribution in [0.15, 0.2) is 12.2 Å². The first-order valence-electron chi connectivity index (χ1n) is 51.6. The first-order valence-corrected chi connectivity index (χ1v) is 51.6. The molecule has 7 saturated heterocycles. The summed E-state index contributed by atoms with van der Waals surface area (Å²) in [5, 5.41) is 296. The van der Waals surface area contributed by atoms with Gasteiger partial charge in [-0.05, 0) is 45.4 Å². The standard InChI is InChI=1S/C96H166N4O47/c1-7-9-11-13-15-17-19-21-22-24-26-28-30-32-34-36-66(118)100-54(55(112)35-33-31-29-27-25-23-20-18-16-14-12-10-8-2)48-134-88-76(125)75(124)80(64(46-106)137-88)140-90-78(127)86(147-96(93(132)133)40-58(115)69(99-52(6)111)84(145-96)74(123)63(45-105)142-94(91(128)129)38-56(113)67(97-50(4)109)82(143-94)70(119)59(116)41-101)81(65(47-107)138-90)141-87-53(37-49(3)108)79(72(121)61(43-103)135-87)139-89-77(126)85(73(122)62(44-104)136-89)146-95(92(130)131)39-57(114)68(98-51(5)110)83(144-95)71(120)60(117)42-102/h17,19,53-65,67-90,101-107,112-117,119-127H,7-16,18,20-48H2,1-6H3,(H,97,109)(H,98,110)(H,99,111)(H,100,118)(H,128,129)(H,130,131)(H,132,133)/b19-17-/t53-,54+,55-,56+,57+,58+,59-,60-,61-,62-,63-,64-,65-,67-,68-,69-,70-,71-,72+,73+,74-,75-,76-,77-,78-,79-,80-,81+,82?,83?,84?,85+,86-,87+,88-,89+,90+,94-,95+,96+/m1/s1. The van der Waals surface area contributed by atoms with E-state index in [-0.39, 0.29) is 12.8 Å². The Morgan fingerprint density at radius 2 is 0.748 bits per heavy atom. The van der Waals surface area contributed by atoms with Crippen molar-refractivity contribution in [3.05, 3.63) is 12.2 Å². The Bertz CT molecular complexity index is 3910. The highest BCUT2D eigenvalue weighted by Crippen LogP contribution is 2.46. The Morgan fingerprint density at radius 1 is 0.381 bits per heavy atom. The van der Waals surface area contributed by atoms with E-state index in [1.165, 1.54) is 64.2 Å². The Hall–Kier alpha value is -5.74. The van der Waals surface area contributed by atoms with E-state index < -0.39 is 369 Å². The van der Waals surface area contributed by atoms with E-state index in [2.05, 4.69) is 47.3 Å². The molecule has 51 nitrogen and oxygen atoms in total. The number of hydrogen-bond acceptors (Lipinski definition) is 44. The zero-order chi connectivity index (χ0) is 109. The predicted molar refractivity (Wildman–Crippen MR) is 502 cm³/mol. The summed E-state index contributed by atoms with van der Waals surface area (Å²) in [7, 11) is 0. The molecule has 0 aliphatic carbocycles. The van der Waals surface area contributed by atoms with Gasteiger partial charge in [-0.3, -0.25) is 19.2 Å². The topological polar surface area (TPSA) is 820 Å². The van der Waals surface area contributed by atoms with E-state index in [9.17, 15) is 166 Å². The minimum atomic E-state index is -3.79. The Labute approximate surface area is 853 Å². The van der Waals surface area contributed by atoms with Crippen molar-refractivity contribution in [3.8, 4) is 0 Å². The summed E-state index contributed by atoms with van der Waals surface area (Å²) >= 11 is 0. The number of carbonyl (C=O) groups is 8. The summed E-state index contributed by atoms with van der Waals surface area (Å²) in [6.07, 6.45) is -48.8. The van der Waals surface area contributed by atoms with Crippen molar-refractivity contribution in [2.75, 3.05) is 52.9 Å². The van der Waals surface area contributed by atoms with Crippen molar-refractivity contribution in [3.63, 3.8) is 0 Å². The SMILES string of the molecule is CCCCCC/C=C\CCCCCCCCCC(=O)N[C@@H](CO[C@@H]1O[C@H](CO)[C@@H](O[C@@H]2O[C@H](CO)[C@H](O[C@@H]3O[C@H](CO)[C@H](O)[C@H](O[C@@H]4O[C@H](CO)[C@H](O)[C@H](O[C@]5(C(=O)O)C[C@H](O)[C@@H](NC(C)=O)C([C@H](O)[C@H](O)CO)O5)[C@H]4O)[C@H]3CC(C)=O)[C@H](O[C@]3(C(=O)O)C[C@H](O)[C@@H](NC(C)=O)C([C@H](O)[C@@H](CO)O[C@]4(C(=O)O)C[C@H](O)[C@@H](NC(C)=O)C([C@H](O)[C@H](O)CO)O4)O3)[C@H]2O)[C@H](O)[C@H]1O)[C@H](O)CCCCCCCCCCCCCCC. The second kappa shape index (κ2) is 63.3. The van der Waals surface area contributed by atoms with E-state index in [1.807, 2.05) is 0 Å². The number of unbranched alkanes of at least 4 members (excludes halogenated alkanes) is 23. The average Bonchev–Trinajstić information content (AvgIpc) is 0.736. The molecule has 3 unspecified atom stereocenters. The van der Waals surface area contributed by atoms with Crippen LogP contribution in [0.2, 0.25) is 0 Å². The summed E-state index contributed by atoms with van der Waals surface area (Å²) in [5.41, 5.74) is 0. The van der Waals surface area contributed by atoms with E-state index in [0.29, 0.717) is 12.8 Å². The molecular weight excluding hydrogens is 1960 g/mol. The number of hydrogen-bond donors (Lipinski definition) is 29. The fourth-order valence-corrected chi connectivity index (χ4v) is 19.7. The lowest BCUT2D eigenvalue weighted by molar-refractivity contribution is -0.409. The molecule has 7 fully saturated rings. The van der Waals surface area contributed by atoms with Crippen molar-refractivity contribution < 1.29 is 232 Å². The van der Waals surface area contributed by atoms with Gasteiger partial charge in [0.25, 0.3) is 17.4 Å². The molecule has 852 valence electrons. The van der Waals surface area contributed by atoms with Crippen LogP contribution in [0.25, 0.3) is 0 Å². The molecule has 0 aromatic rings. The number of aliphatic hydroxyl groups is 22. The third-order valence-corrected chi connectivity index (χ3v) is 27.9. The van der Waals surface area contributed by atoms with Crippen LogP contribution in [-0.4, -0.2) is 465 Å². The van der Waals surface area contributed by atoms with Crippen LogP contribution in [0.5, 0.6) is 0 Å². The number of ketones is 1. The lowest BCUT2D eigenvalue weighted by atomic mass is 9.86. The smallest absolute Gasteiger partial charge is 0.364 e. The number of carbonyl (C=O) groups excluding carboxylic acids is 5. The molecule has 29 N–H and O–H groups in total. The molecular formula is C96H166N4O47. The van der Waals surface area contributed by atoms with Crippen molar-refractivity contribution >= 4 is 47.3 Å². The summed E-state index contributed by atoms with van der Waals surface area (Å²) in [6.45, 7) is -2.02. The van der Waals surface area contributed by atoms with Gasteiger partial charge in [-0.1, -0.05) is 161 Å². The number of Topliss-reactive ketones (excluding diaryl/α,β-unsaturated/α-hetero) is 1. The number of allylic oxidation sites excluding steroid dienone is 2. The molecule has 0 radical (unpaired) electrons.